The molecule has 2 rings (SSSR count). The molecule has 0 aliphatic carbocycles. The number of likely N-dealkylation sites (N-methyl/N-ethyl adjacent to an activating group) is 1. The fraction of sp³-hybridized carbons (Fsp3) is 0.533. The van der Waals surface area contributed by atoms with E-state index in [-0.39, 0.29) is 35.4 Å². The van der Waals surface area contributed by atoms with Crippen molar-refractivity contribution in [3.05, 3.63) is 22.7 Å². The fourth-order valence-corrected chi connectivity index (χ4v) is 3.12. The maximum atomic E-state index is 12.5. The van der Waals surface area contributed by atoms with Crippen molar-refractivity contribution in [1.82, 2.24) is 10.2 Å². The van der Waals surface area contributed by atoms with Gasteiger partial charge in [0.15, 0.2) is 5.75 Å². The minimum Gasteiger partial charge on any atom is -0.494 e. The molecule has 1 aliphatic heterocycles. The molecule has 0 radical (unpaired) electrons. The molecule has 0 bridgehead atoms. The standard InChI is InChI=1S/C15H22ClN3O3/c1-3-19-7-9(6-10(19)8-20)18-15(21)11-4-5-12(17)13(16)14(11)22-2/h4-5,9-10,20H,3,6-8,17H2,1-2H3,(H,18,21). The highest BCUT2D eigenvalue weighted by atomic mass is 35.5. The van der Waals surface area contributed by atoms with E-state index in [9.17, 15) is 9.90 Å². The Bertz CT molecular complexity index is 541. The van der Waals surface area contributed by atoms with E-state index in [0.717, 1.165) is 19.5 Å². The molecule has 0 saturated carbocycles. The molecule has 0 spiro atoms. The van der Waals surface area contributed by atoms with E-state index >= 15 is 0 Å². The first-order chi connectivity index (χ1) is 10.5. The molecular weight excluding hydrogens is 306 g/mol. The van der Waals surface area contributed by atoms with Gasteiger partial charge in [0.1, 0.15) is 5.02 Å². The van der Waals surface area contributed by atoms with Crippen molar-refractivity contribution in [2.24, 2.45) is 0 Å². The minimum atomic E-state index is -0.251. The van der Waals surface area contributed by atoms with Gasteiger partial charge in [0.2, 0.25) is 0 Å². The Kier molecular flexibility index (Phi) is 5.50. The molecule has 22 heavy (non-hydrogen) atoms. The average molecular weight is 328 g/mol. The van der Waals surface area contributed by atoms with Crippen molar-refractivity contribution in [3.8, 4) is 5.75 Å². The number of benzene rings is 1. The van der Waals surface area contributed by atoms with Crippen molar-refractivity contribution < 1.29 is 14.6 Å². The van der Waals surface area contributed by atoms with Crippen LogP contribution in [0.5, 0.6) is 5.75 Å². The summed E-state index contributed by atoms with van der Waals surface area (Å²) in [6.45, 7) is 3.69. The van der Waals surface area contributed by atoms with Crippen molar-refractivity contribution in [2.45, 2.75) is 25.4 Å². The first-order valence-corrected chi connectivity index (χ1v) is 7.67. The maximum Gasteiger partial charge on any atom is 0.255 e. The SMILES string of the molecule is CCN1CC(NC(=O)c2ccc(N)c(Cl)c2OC)CC1CO. The van der Waals surface area contributed by atoms with Crippen molar-refractivity contribution in [3.63, 3.8) is 0 Å². The lowest BCUT2D eigenvalue weighted by Crippen LogP contribution is -2.37. The number of hydrogen-bond acceptors (Lipinski definition) is 5. The number of amides is 1. The third-order valence-electron chi connectivity index (χ3n) is 4.06. The lowest BCUT2D eigenvalue weighted by molar-refractivity contribution is 0.0935. The minimum absolute atomic E-state index is 0.00867. The zero-order chi connectivity index (χ0) is 16.3. The summed E-state index contributed by atoms with van der Waals surface area (Å²) in [7, 11) is 1.45. The zero-order valence-electron chi connectivity index (χ0n) is 12.8. The first kappa shape index (κ1) is 16.9. The van der Waals surface area contributed by atoms with E-state index in [1.807, 2.05) is 6.92 Å². The molecular formula is C15H22ClN3O3. The Balaban J connectivity index is 2.12. The van der Waals surface area contributed by atoms with E-state index in [0.29, 0.717) is 11.3 Å². The molecule has 1 heterocycles. The summed E-state index contributed by atoms with van der Waals surface area (Å²) in [6.07, 6.45) is 0.723. The molecule has 1 saturated heterocycles. The normalized spacial score (nSPS) is 21.8. The quantitative estimate of drug-likeness (QED) is 0.705. The summed E-state index contributed by atoms with van der Waals surface area (Å²) in [5.41, 5.74) is 6.45. The number of nitrogens with zero attached hydrogens (tertiary/aromatic N) is 1. The second-order valence-electron chi connectivity index (χ2n) is 5.38. The fourth-order valence-electron chi connectivity index (χ4n) is 2.88. The first-order valence-electron chi connectivity index (χ1n) is 7.29. The molecule has 0 aromatic heterocycles. The largest absolute Gasteiger partial charge is 0.494 e. The van der Waals surface area contributed by atoms with Crippen LogP contribution >= 0.6 is 11.6 Å². The van der Waals surface area contributed by atoms with Gasteiger partial charge in [-0.3, -0.25) is 9.69 Å². The van der Waals surface area contributed by atoms with Gasteiger partial charge in [-0.05, 0) is 25.1 Å². The Morgan fingerprint density at radius 1 is 1.59 bits per heavy atom. The lowest BCUT2D eigenvalue weighted by atomic mass is 10.1. The highest BCUT2D eigenvalue weighted by Crippen LogP contribution is 2.33. The Labute approximate surface area is 135 Å². The number of hydrogen-bond donors (Lipinski definition) is 3. The number of carbonyl (C=O) groups is 1. The molecule has 1 aromatic rings. The van der Waals surface area contributed by atoms with Gasteiger partial charge in [0.25, 0.3) is 5.91 Å². The molecule has 1 aliphatic rings. The van der Waals surface area contributed by atoms with Crippen molar-refractivity contribution in [1.29, 1.82) is 0 Å². The van der Waals surface area contributed by atoms with Crippen LogP contribution in [0.15, 0.2) is 12.1 Å². The number of anilines is 1. The van der Waals surface area contributed by atoms with Crippen LogP contribution < -0.4 is 15.8 Å². The summed E-state index contributed by atoms with van der Waals surface area (Å²) in [6, 6.07) is 3.27. The van der Waals surface area contributed by atoms with Gasteiger partial charge in [-0.25, -0.2) is 0 Å². The molecule has 1 aromatic carbocycles. The van der Waals surface area contributed by atoms with E-state index in [1.54, 1.807) is 12.1 Å². The van der Waals surface area contributed by atoms with Gasteiger partial charge in [-0.1, -0.05) is 18.5 Å². The van der Waals surface area contributed by atoms with Crippen LogP contribution in [0, 0.1) is 0 Å². The second-order valence-corrected chi connectivity index (χ2v) is 5.76. The van der Waals surface area contributed by atoms with Crippen LogP contribution in [0.2, 0.25) is 5.02 Å². The van der Waals surface area contributed by atoms with Crippen LogP contribution in [-0.4, -0.2) is 54.8 Å². The number of halogens is 1. The molecule has 2 atom stereocenters. The second kappa shape index (κ2) is 7.17. The van der Waals surface area contributed by atoms with E-state index in [2.05, 4.69) is 10.2 Å². The zero-order valence-corrected chi connectivity index (χ0v) is 13.6. The molecule has 6 nitrogen and oxygen atoms in total. The highest BCUT2D eigenvalue weighted by molar-refractivity contribution is 6.35. The molecule has 7 heteroatoms. The van der Waals surface area contributed by atoms with Crippen molar-refractivity contribution >= 4 is 23.2 Å². The van der Waals surface area contributed by atoms with Gasteiger partial charge in [0, 0.05) is 18.6 Å². The van der Waals surface area contributed by atoms with Crippen LogP contribution in [-0.2, 0) is 0 Å². The predicted molar refractivity (Wildman–Crippen MR) is 86.4 cm³/mol. The Hall–Kier alpha value is -1.50. The molecule has 1 amide bonds. The molecule has 2 unspecified atom stereocenters. The number of nitrogens with one attached hydrogen (secondary N) is 1. The topological polar surface area (TPSA) is 87.8 Å². The summed E-state index contributed by atoms with van der Waals surface area (Å²) in [4.78, 5) is 14.6. The summed E-state index contributed by atoms with van der Waals surface area (Å²) >= 11 is 6.08. The maximum absolute atomic E-state index is 12.5. The van der Waals surface area contributed by atoms with Crippen LogP contribution in [0.25, 0.3) is 0 Å². The highest BCUT2D eigenvalue weighted by Gasteiger charge is 2.32. The van der Waals surface area contributed by atoms with E-state index < -0.39 is 0 Å². The van der Waals surface area contributed by atoms with Gasteiger partial charge in [-0.15, -0.1) is 0 Å². The average Bonchev–Trinajstić information content (AvgIpc) is 2.91. The number of nitrogen functional groups attached to an aromatic ring is 1. The summed E-state index contributed by atoms with van der Waals surface area (Å²) < 4.78 is 5.20. The Morgan fingerprint density at radius 2 is 2.32 bits per heavy atom. The molecule has 1 fully saturated rings. The van der Waals surface area contributed by atoms with Gasteiger partial charge < -0.3 is 20.9 Å². The van der Waals surface area contributed by atoms with Crippen molar-refractivity contribution in [2.75, 3.05) is 32.5 Å². The summed E-state index contributed by atoms with van der Waals surface area (Å²) in [5, 5.41) is 12.6. The van der Waals surface area contributed by atoms with Gasteiger partial charge in [-0.2, -0.15) is 0 Å². The number of aliphatic hydroxyl groups excluding tert-OH is 1. The lowest BCUT2D eigenvalue weighted by Gasteiger charge is -2.19. The molecule has 122 valence electrons. The van der Waals surface area contributed by atoms with E-state index in [4.69, 9.17) is 22.1 Å². The number of carbonyl (C=O) groups excluding carboxylic acids is 1. The predicted octanol–water partition coefficient (Wildman–Crippen LogP) is 1.12. The third kappa shape index (κ3) is 3.29. The van der Waals surface area contributed by atoms with E-state index in [1.165, 1.54) is 7.11 Å². The van der Waals surface area contributed by atoms with Gasteiger partial charge in [0.05, 0.1) is 25.0 Å². The van der Waals surface area contributed by atoms with Crippen LogP contribution in [0.3, 0.4) is 0 Å². The smallest absolute Gasteiger partial charge is 0.255 e. The monoisotopic (exact) mass is 327 g/mol. The Morgan fingerprint density at radius 3 is 2.86 bits per heavy atom. The number of ether oxygens (including phenoxy) is 1. The third-order valence-corrected chi connectivity index (χ3v) is 4.45. The number of likely N-dealkylation sites (tertiary alicyclic amines) is 1. The summed E-state index contributed by atoms with van der Waals surface area (Å²) in [5.74, 6) is 0.0293. The number of methoxy groups -OCH3 is 1. The number of aliphatic hydroxyl groups is 1. The molecule has 4 N–H and O–H groups in total. The number of rotatable bonds is 5. The van der Waals surface area contributed by atoms with Crippen LogP contribution in [0.1, 0.15) is 23.7 Å². The van der Waals surface area contributed by atoms with Crippen LogP contribution in [0.4, 0.5) is 5.69 Å². The van der Waals surface area contributed by atoms with Gasteiger partial charge >= 0.3 is 0 Å². The number of nitrogens with two attached hydrogens (primary N) is 1.